The number of esters is 5. The number of epoxide rings is 2. The van der Waals surface area contributed by atoms with E-state index in [9.17, 15) is 43.2 Å². The number of nitrogens with one attached hydrogen (secondary N) is 4. The molecule has 0 aromatic heterocycles. The average Bonchev–Trinajstić information content (AvgIpc) is 1.63. The summed E-state index contributed by atoms with van der Waals surface area (Å²) in [6.45, 7) is 25.1. The molecular weight excluding hydrogens is 1580 g/mol. The average molecular weight is 1700 g/mol. The van der Waals surface area contributed by atoms with Crippen LogP contribution in [0.2, 0.25) is 10.0 Å². The van der Waals surface area contributed by atoms with Crippen LogP contribution in [-0.4, -0.2) is 189 Å². The monoisotopic (exact) mass is 1700 g/mol. The molecule has 4 heterocycles. The van der Waals surface area contributed by atoms with Gasteiger partial charge in [0.15, 0.2) is 12.2 Å². The van der Waals surface area contributed by atoms with Crippen LogP contribution in [-0.2, 0) is 120 Å². The van der Waals surface area contributed by atoms with Crippen LogP contribution in [0.25, 0.3) is 0 Å². The standard InChI is InChI=1S/C52H73ClN2O14.C37H46Cl2N2O8/c1-8-22-66-46(57)21-24-63-26-28-65-30-29-64-27-25-62-23-10-9-12-37-15-18-39(19-16-37)48-47(69-48)36(4)42-13-11-14-45(56)55-41(33-38-17-20-43(61-7)40(53)32-38)49(58)54-34-52(5,6)51(60)68-44(31-35(2)3)50(59)67-42;1-21(2)16-30-35(44)47-28(22(3)32-33(49-32)25-13-10-23(19-38)11-14-25)8-7-9-31(42)41-27(18-24-12-15-29(46-6)26(39)17-24)34(43)40-20-37(4,5)36(45)48-30/h8,11,14-20,32,35-36,41-42,44,47-48H,1,9-10,12-13,21-31,33-34H2,2-7H3,(H,54,58)(H,55,56);7,9-15,17,21-22,27-28,30,32-33H,8,16,18-20H2,1-6H3,(H,40,43)(H,41,42)/b14-11+;9-7+/t36-,41+,42-,44-,47+,48+;22-,27+,28-,30-,32+,33+/m00/s1. The maximum Gasteiger partial charge on any atom is 0.347 e. The zero-order chi connectivity index (χ0) is 86.1. The fourth-order valence-corrected chi connectivity index (χ4v) is 13.7. The predicted molar refractivity (Wildman–Crippen MR) is 445 cm³/mol. The summed E-state index contributed by atoms with van der Waals surface area (Å²) in [7, 11) is 3.01. The number of ether oxygens (including phenoxy) is 13. The molecule has 4 aromatic rings. The van der Waals surface area contributed by atoms with Crippen molar-refractivity contribution in [1.29, 1.82) is 0 Å². The Morgan fingerprint density at radius 1 is 0.534 bits per heavy atom. The lowest BCUT2D eigenvalue weighted by atomic mass is 9.92. The molecule has 0 unspecified atom stereocenters. The van der Waals surface area contributed by atoms with Gasteiger partial charge in [0.2, 0.25) is 23.6 Å². The number of methoxy groups -OCH3 is 2. The first-order valence-electron chi connectivity index (χ1n) is 40.4. The molecule has 29 heteroatoms. The Hall–Kier alpha value is -8.44. The highest BCUT2D eigenvalue weighted by Gasteiger charge is 2.50. The van der Waals surface area contributed by atoms with Crippen LogP contribution in [0.15, 0.2) is 122 Å². The first-order chi connectivity index (χ1) is 56.3. The van der Waals surface area contributed by atoms with E-state index in [-0.39, 0.29) is 125 Å². The first-order valence-corrected chi connectivity index (χ1v) is 41.7. The van der Waals surface area contributed by atoms with E-state index in [0.29, 0.717) is 84.8 Å². The molecule has 0 bridgehead atoms. The highest BCUT2D eigenvalue weighted by atomic mass is 35.5. The molecule has 26 nitrogen and oxygen atoms in total. The van der Waals surface area contributed by atoms with Crippen LogP contribution in [0, 0.1) is 34.5 Å². The minimum atomic E-state index is -1.23. The second-order valence-electron chi connectivity index (χ2n) is 32.0. The topological polar surface area (TPSA) is 328 Å². The van der Waals surface area contributed by atoms with Crippen molar-refractivity contribution in [3.63, 3.8) is 0 Å². The van der Waals surface area contributed by atoms with Gasteiger partial charge in [0.05, 0.1) is 100.0 Å². The van der Waals surface area contributed by atoms with Gasteiger partial charge in [0.25, 0.3) is 0 Å². The minimum Gasteiger partial charge on any atom is -0.495 e. The van der Waals surface area contributed by atoms with Crippen LogP contribution in [0.4, 0.5) is 0 Å². The Labute approximate surface area is 708 Å². The first kappa shape index (κ1) is 96.7. The summed E-state index contributed by atoms with van der Waals surface area (Å²) in [5.74, 6) is -4.29. The molecule has 0 saturated carbocycles. The summed E-state index contributed by atoms with van der Waals surface area (Å²) in [5, 5.41) is 11.8. The number of aryl methyl sites for hydroxylation is 1. The lowest BCUT2D eigenvalue weighted by Gasteiger charge is -2.29. The molecule has 2 fully saturated rings. The second kappa shape index (κ2) is 48.7. The number of halogens is 3. The van der Waals surface area contributed by atoms with Gasteiger partial charge in [0, 0.05) is 63.1 Å². The Balaban J connectivity index is 0.000000345. The van der Waals surface area contributed by atoms with E-state index in [4.69, 9.17) is 96.4 Å². The van der Waals surface area contributed by atoms with Gasteiger partial charge in [-0.05, 0) is 141 Å². The fraction of sp³-hybridized carbons (Fsp3) is 0.562. The van der Waals surface area contributed by atoms with Crippen LogP contribution in [0.1, 0.15) is 160 Å². The van der Waals surface area contributed by atoms with Crippen molar-refractivity contribution in [3.8, 4) is 11.5 Å². The summed E-state index contributed by atoms with van der Waals surface area (Å²) in [4.78, 5) is 120. The smallest absolute Gasteiger partial charge is 0.347 e. The predicted octanol–water partition coefficient (Wildman–Crippen LogP) is 12.5. The number of hydrogen-bond acceptors (Lipinski definition) is 22. The zero-order valence-electron chi connectivity index (χ0n) is 69.9. The van der Waals surface area contributed by atoms with Gasteiger partial charge >= 0.3 is 29.8 Å². The lowest BCUT2D eigenvalue weighted by Crippen LogP contribution is -2.51. The number of carbonyl (C=O) groups is 9. The van der Waals surface area contributed by atoms with E-state index in [1.807, 2.05) is 65.8 Å². The van der Waals surface area contributed by atoms with Gasteiger partial charge in [-0.1, -0.05) is 150 Å². The van der Waals surface area contributed by atoms with Gasteiger partial charge < -0.3 is 82.8 Å². The number of benzene rings is 4. The SMILES string of the molecule is C=CCOC(=O)CCOCCOCCOCCOCCCCc1ccc([C@H]2O[C@@H]2[C@@H](C)[C@@H]2C/C=C/C(=O)N[C@H](Cc3ccc(OC)c(Cl)c3)C(=O)NCC(C)(C)C(=O)O[C@@H](CC(C)C)C(=O)O2)cc1.COc1ccc(C[C@H]2NC(=O)/C=C/C[C@@H]([C@H](C)[C@H]3O[C@@H]3c3ccc(CCl)cc3)OC(=O)[C@H](CC(C)C)OC(=O)C(C)(C)CNC2=O)cc1Cl. The van der Waals surface area contributed by atoms with E-state index in [1.165, 1.54) is 38.0 Å². The molecule has 12 atom stereocenters. The van der Waals surface area contributed by atoms with E-state index in [1.54, 1.807) is 76.2 Å². The highest BCUT2D eigenvalue weighted by molar-refractivity contribution is 6.32. The van der Waals surface area contributed by atoms with Crippen LogP contribution >= 0.6 is 34.8 Å². The van der Waals surface area contributed by atoms with Gasteiger partial charge in [-0.15, -0.1) is 11.6 Å². The van der Waals surface area contributed by atoms with E-state index in [2.05, 4.69) is 52.1 Å². The zero-order valence-corrected chi connectivity index (χ0v) is 72.2. The second-order valence-corrected chi connectivity index (χ2v) is 33.0. The van der Waals surface area contributed by atoms with Crippen molar-refractivity contribution in [2.45, 2.75) is 200 Å². The summed E-state index contributed by atoms with van der Waals surface area (Å²) in [6.07, 6.45) is 6.67. The van der Waals surface area contributed by atoms with Gasteiger partial charge in [-0.3, -0.25) is 33.6 Å². The molecular formula is C89H119Cl3N4O22. The molecule has 2 saturated heterocycles. The number of hydrogen-bond donors (Lipinski definition) is 4. The van der Waals surface area contributed by atoms with Gasteiger partial charge in [-0.25, -0.2) is 9.59 Å². The molecule has 4 amide bonds. The Morgan fingerprint density at radius 3 is 1.32 bits per heavy atom. The Kier molecular flexibility index (Phi) is 39.9. The van der Waals surface area contributed by atoms with E-state index in [0.717, 1.165) is 36.0 Å². The Bertz CT molecular complexity index is 4000. The number of amides is 4. The third-order valence-electron chi connectivity index (χ3n) is 20.3. The molecule has 8 rings (SSSR count). The van der Waals surface area contributed by atoms with E-state index >= 15 is 0 Å². The summed E-state index contributed by atoms with van der Waals surface area (Å²) in [5.41, 5.74) is 3.11. The van der Waals surface area contributed by atoms with Crippen molar-refractivity contribution in [3.05, 3.63) is 165 Å². The largest absolute Gasteiger partial charge is 0.495 e. The van der Waals surface area contributed by atoms with E-state index < -0.39 is 94.8 Å². The maximum atomic E-state index is 13.9. The van der Waals surface area contributed by atoms with Crippen molar-refractivity contribution < 1.29 is 105 Å². The number of rotatable bonds is 36. The van der Waals surface area contributed by atoms with Gasteiger partial charge in [-0.2, -0.15) is 0 Å². The number of unbranched alkanes of at least 4 members (excludes halogenated alkanes) is 1. The third kappa shape index (κ3) is 32.3. The summed E-state index contributed by atoms with van der Waals surface area (Å²) < 4.78 is 73.6. The fourth-order valence-electron chi connectivity index (χ4n) is 13.0. The van der Waals surface area contributed by atoms with Crippen LogP contribution < -0.4 is 30.7 Å². The summed E-state index contributed by atoms with van der Waals surface area (Å²) >= 11 is 18.6. The number of carbonyl (C=O) groups excluding carboxylic acids is 9. The van der Waals surface area contributed by atoms with Crippen molar-refractivity contribution in [2.24, 2.45) is 34.5 Å². The maximum absolute atomic E-state index is 13.9. The molecule has 648 valence electrons. The quantitative estimate of drug-likeness (QED) is 0.00821. The molecule has 4 aromatic carbocycles. The molecule has 118 heavy (non-hydrogen) atoms. The highest BCUT2D eigenvalue weighted by Crippen LogP contribution is 2.47. The molecule has 0 radical (unpaired) electrons. The van der Waals surface area contributed by atoms with Crippen LogP contribution in [0.3, 0.4) is 0 Å². The molecule has 4 aliphatic rings. The third-order valence-corrected chi connectivity index (χ3v) is 21.2. The van der Waals surface area contributed by atoms with Crippen molar-refractivity contribution in [2.75, 3.05) is 86.8 Å². The molecule has 0 spiro atoms. The molecule has 0 aliphatic carbocycles. The minimum absolute atomic E-state index is 0.00954. The number of cyclic esters (lactones) is 4. The molecule has 4 aliphatic heterocycles. The van der Waals surface area contributed by atoms with Crippen molar-refractivity contribution in [1.82, 2.24) is 21.3 Å². The normalized spacial score (nSPS) is 23.7. The van der Waals surface area contributed by atoms with Crippen molar-refractivity contribution >= 4 is 88.3 Å². The number of alkyl halides is 1. The van der Waals surface area contributed by atoms with Gasteiger partial charge in [0.1, 0.15) is 54.6 Å². The lowest BCUT2D eigenvalue weighted by molar-refractivity contribution is -0.179. The van der Waals surface area contributed by atoms with Crippen LogP contribution in [0.5, 0.6) is 11.5 Å². The Morgan fingerprint density at radius 2 is 0.932 bits per heavy atom. The summed E-state index contributed by atoms with van der Waals surface area (Å²) in [6, 6.07) is 24.4. The molecule has 4 N–H and O–H groups in total.